The van der Waals surface area contributed by atoms with Crippen LogP contribution in [0.25, 0.3) is 11.6 Å². The highest BCUT2D eigenvalue weighted by atomic mass is 79.9. The number of nitrogens with zero attached hydrogens (tertiary/aromatic N) is 2. The van der Waals surface area contributed by atoms with Crippen LogP contribution in [-0.2, 0) is 6.42 Å². The van der Waals surface area contributed by atoms with Crippen molar-refractivity contribution in [3.05, 3.63) is 40.0 Å². The predicted octanol–water partition coefficient (Wildman–Crippen LogP) is 2.92. The topological polar surface area (TPSA) is 60.2 Å². The Bertz CT molecular complexity index is 681. The first-order chi connectivity index (χ1) is 10.2. The van der Waals surface area contributed by atoms with Crippen molar-refractivity contribution < 1.29 is 9.26 Å². The first-order valence-electron chi connectivity index (χ1n) is 6.79. The molecule has 0 radical (unpaired) electrons. The minimum Gasteiger partial charge on any atom is -0.488 e. The average molecular weight is 350 g/mol. The van der Waals surface area contributed by atoms with Crippen LogP contribution in [0, 0.1) is 0 Å². The number of fused-ring (bicyclic) bond motifs is 1. The van der Waals surface area contributed by atoms with E-state index in [1.54, 1.807) is 0 Å². The summed E-state index contributed by atoms with van der Waals surface area (Å²) in [5.41, 5.74) is 1.91. The highest BCUT2D eigenvalue weighted by Gasteiger charge is 2.18. The maximum Gasteiger partial charge on any atom is 0.257 e. The fourth-order valence-electron chi connectivity index (χ4n) is 2.12. The Balaban J connectivity index is 1.84. The van der Waals surface area contributed by atoms with E-state index in [4.69, 9.17) is 9.26 Å². The Kier molecular flexibility index (Phi) is 4.07. The zero-order chi connectivity index (χ0) is 14.8. The molecule has 3 rings (SSSR count). The van der Waals surface area contributed by atoms with Gasteiger partial charge in [-0.05, 0) is 38.2 Å². The van der Waals surface area contributed by atoms with Gasteiger partial charge in [-0.3, -0.25) is 0 Å². The number of hydrogen-bond donors (Lipinski definition) is 1. The fraction of sp³-hybridized carbons (Fsp3) is 0.333. The average Bonchev–Trinajstić information content (AvgIpc) is 2.94. The Morgan fingerprint density at radius 2 is 2.29 bits per heavy atom. The van der Waals surface area contributed by atoms with Crippen molar-refractivity contribution in [2.45, 2.75) is 19.4 Å². The van der Waals surface area contributed by atoms with E-state index in [0.717, 1.165) is 27.8 Å². The fourth-order valence-corrected chi connectivity index (χ4v) is 2.49. The molecule has 1 aromatic heterocycles. The number of ether oxygens (including phenoxy) is 1. The van der Waals surface area contributed by atoms with Crippen LogP contribution in [-0.4, -0.2) is 29.8 Å². The second-order valence-electron chi connectivity index (χ2n) is 5.05. The number of nitrogens with one attached hydrogen (secondary N) is 1. The zero-order valence-electron chi connectivity index (χ0n) is 11.9. The van der Waals surface area contributed by atoms with Crippen molar-refractivity contribution >= 4 is 27.6 Å². The third kappa shape index (κ3) is 3.16. The van der Waals surface area contributed by atoms with Gasteiger partial charge in [0.1, 0.15) is 12.4 Å². The Labute approximate surface area is 131 Å². The van der Waals surface area contributed by atoms with Gasteiger partial charge in [-0.1, -0.05) is 21.1 Å². The molecule has 0 amide bonds. The van der Waals surface area contributed by atoms with Gasteiger partial charge in [0.15, 0.2) is 5.82 Å². The van der Waals surface area contributed by atoms with E-state index in [2.05, 4.69) is 38.3 Å². The molecule has 0 fully saturated rings. The van der Waals surface area contributed by atoms with E-state index in [0.29, 0.717) is 24.4 Å². The lowest BCUT2D eigenvalue weighted by Crippen LogP contribution is -2.24. The van der Waals surface area contributed by atoms with Crippen LogP contribution in [0.1, 0.15) is 24.2 Å². The molecule has 1 N–H and O–H groups in total. The molecule has 0 aliphatic carbocycles. The first kappa shape index (κ1) is 14.3. The van der Waals surface area contributed by atoms with Crippen LogP contribution < -0.4 is 10.1 Å². The van der Waals surface area contributed by atoms with Gasteiger partial charge in [-0.2, -0.15) is 4.98 Å². The summed E-state index contributed by atoms with van der Waals surface area (Å²) in [6.07, 6.45) is 2.76. The third-order valence-electron chi connectivity index (χ3n) is 3.41. The van der Waals surface area contributed by atoms with Crippen LogP contribution in [0.15, 0.2) is 27.2 Å². The van der Waals surface area contributed by atoms with Gasteiger partial charge in [0, 0.05) is 22.5 Å². The van der Waals surface area contributed by atoms with E-state index in [9.17, 15) is 0 Å². The summed E-state index contributed by atoms with van der Waals surface area (Å²) in [6, 6.07) is 6.22. The Morgan fingerprint density at radius 3 is 3.10 bits per heavy atom. The molecule has 2 heterocycles. The van der Waals surface area contributed by atoms with Gasteiger partial charge < -0.3 is 14.6 Å². The quantitative estimate of drug-likeness (QED) is 0.919. The molecule has 110 valence electrons. The Morgan fingerprint density at radius 1 is 1.43 bits per heavy atom. The number of aromatic nitrogens is 2. The van der Waals surface area contributed by atoms with Crippen molar-refractivity contribution in [3.8, 4) is 5.75 Å². The van der Waals surface area contributed by atoms with Crippen LogP contribution in [0.2, 0.25) is 0 Å². The Hall–Kier alpha value is -1.66. The number of likely N-dealkylation sites (N-methyl/N-ethyl adjacent to an activating group) is 1. The molecule has 2 aromatic rings. The van der Waals surface area contributed by atoms with E-state index < -0.39 is 0 Å². The normalized spacial score (nSPS) is 15.1. The highest BCUT2D eigenvalue weighted by molar-refractivity contribution is 9.10. The summed E-state index contributed by atoms with van der Waals surface area (Å²) in [5, 5.41) is 7.18. The van der Waals surface area contributed by atoms with Crippen LogP contribution in [0.5, 0.6) is 5.75 Å². The van der Waals surface area contributed by atoms with Gasteiger partial charge >= 0.3 is 0 Å². The van der Waals surface area contributed by atoms with Crippen molar-refractivity contribution in [1.29, 1.82) is 0 Å². The standard InChI is InChI=1S/C15H16BrN3O2/c1-9(17-2)5-14-18-15(21-19-14)11-6-10-7-12(16)3-4-13(10)20-8-11/h3-4,6-7,9,17H,5,8H2,1-2H3. The van der Waals surface area contributed by atoms with Crippen molar-refractivity contribution in [1.82, 2.24) is 15.5 Å². The molecule has 1 aromatic carbocycles. The lowest BCUT2D eigenvalue weighted by atomic mass is 10.1. The summed E-state index contributed by atoms with van der Waals surface area (Å²) < 4.78 is 12.1. The molecule has 1 aliphatic heterocycles. The molecule has 1 unspecified atom stereocenters. The number of rotatable bonds is 4. The molecule has 1 aliphatic rings. The minimum absolute atomic E-state index is 0.309. The molecule has 1 atom stereocenters. The van der Waals surface area contributed by atoms with Crippen LogP contribution in [0.3, 0.4) is 0 Å². The molecule has 0 bridgehead atoms. The highest BCUT2D eigenvalue weighted by Crippen LogP contribution is 2.31. The SMILES string of the molecule is CNC(C)Cc1noc(C2=Cc3cc(Br)ccc3OC2)n1. The largest absolute Gasteiger partial charge is 0.488 e. The van der Waals surface area contributed by atoms with Gasteiger partial charge in [-0.25, -0.2) is 0 Å². The van der Waals surface area contributed by atoms with E-state index in [1.807, 2.05) is 31.3 Å². The van der Waals surface area contributed by atoms with Gasteiger partial charge in [0.2, 0.25) is 0 Å². The molecule has 21 heavy (non-hydrogen) atoms. The smallest absolute Gasteiger partial charge is 0.257 e. The number of hydrogen-bond acceptors (Lipinski definition) is 5. The van der Waals surface area contributed by atoms with Crippen molar-refractivity contribution in [2.24, 2.45) is 0 Å². The summed E-state index contributed by atoms with van der Waals surface area (Å²) in [5.74, 6) is 2.09. The molecular formula is C15H16BrN3O2. The monoisotopic (exact) mass is 349 g/mol. The molecule has 0 spiro atoms. The van der Waals surface area contributed by atoms with Crippen molar-refractivity contribution in [3.63, 3.8) is 0 Å². The van der Waals surface area contributed by atoms with E-state index in [-0.39, 0.29) is 0 Å². The van der Waals surface area contributed by atoms with Gasteiger partial charge in [-0.15, -0.1) is 0 Å². The summed E-state index contributed by atoms with van der Waals surface area (Å²) in [4.78, 5) is 4.44. The summed E-state index contributed by atoms with van der Waals surface area (Å²) >= 11 is 3.46. The summed E-state index contributed by atoms with van der Waals surface area (Å²) in [7, 11) is 1.91. The lowest BCUT2D eigenvalue weighted by Gasteiger charge is -2.15. The van der Waals surface area contributed by atoms with E-state index in [1.165, 1.54) is 0 Å². The second-order valence-corrected chi connectivity index (χ2v) is 5.97. The van der Waals surface area contributed by atoms with Gasteiger partial charge in [0.25, 0.3) is 5.89 Å². The number of halogens is 1. The second kappa shape index (κ2) is 5.99. The molecule has 6 heteroatoms. The van der Waals surface area contributed by atoms with Crippen molar-refractivity contribution in [2.75, 3.05) is 13.7 Å². The minimum atomic E-state index is 0.309. The zero-order valence-corrected chi connectivity index (χ0v) is 13.5. The van der Waals surface area contributed by atoms with Crippen LogP contribution in [0.4, 0.5) is 0 Å². The molecular weight excluding hydrogens is 334 g/mol. The maximum atomic E-state index is 5.73. The predicted molar refractivity (Wildman–Crippen MR) is 84.0 cm³/mol. The molecule has 5 nitrogen and oxygen atoms in total. The first-order valence-corrected chi connectivity index (χ1v) is 7.58. The maximum absolute atomic E-state index is 5.73. The van der Waals surface area contributed by atoms with Crippen LogP contribution >= 0.6 is 15.9 Å². The third-order valence-corrected chi connectivity index (χ3v) is 3.90. The lowest BCUT2D eigenvalue weighted by molar-refractivity contribution is 0.350. The summed E-state index contributed by atoms with van der Waals surface area (Å²) in [6.45, 7) is 2.52. The number of benzene rings is 1. The van der Waals surface area contributed by atoms with E-state index >= 15 is 0 Å². The van der Waals surface area contributed by atoms with Gasteiger partial charge in [0.05, 0.1) is 5.57 Å². The molecule has 0 saturated heterocycles. The molecule has 0 saturated carbocycles.